The zero-order valence-corrected chi connectivity index (χ0v) is 15.3. The number of nitrogens with zero attached hydrogens (tertiary/aromatic N) is 5. The van der Waals surface area contributed by atoms with E-state index < -0.39 is 0 Å². The van der Waals surface area contributed by atoms with Gasteiger partial charge in [-0.05, 0) is 56.0 Å². The summed E-state index contributed by atoms with van der Waals surface area (Å²) in [4.78, 5) is 13.5. The van der Waals surface area contributed by atoms with E-state index in [4.69, 9.17) is 10.1 Å². The van der Waals surface area contributed by atoms with Crippen LogP contribution in [0.2, 0.25) is 0 Å². The molecule has 0 saturated heterocycles. The molecule has 0 unspecified atom stereocenters. The number of hydrogen-bond donors (Lipinski definition) is 1. The second-order valence-electron chi connectivity index (χ2n) is 6.53. The van der Waals surface area contributed by atoms with Gasteiger partial charge in [0.2, 0.25) is 0 Å². The average molecular weight is 346 g/mol. The molecule has 0 aliphatic heterocycles. The molecule has 1 N–H and O–H groups in total. The van der Waals surface area contributed by atoms with Crippen LogP contribution in [0.5, 0.6) is 0 Å². The zero-order chi connectivity index (χ0) is 18.1. The zero-order valence-electron chi connectivity index (χ0n) is 15.3. The van der Waals surface area contributed by atoms with Crippen molar-refractivity contribution in [1.29, 1.82) is 0 Å². The standard InChI is InChI=1S/C20H22N6/c1-4-16-12-17(22-10-7-15-5-8-21-9-6-15)26-20(24-16)18-13(2)11-14(3)23-19(18)25-26/h5-6,8-9,11-12,22H,4,7,10H2,1-3H3. The summed E-state index contributed by atoms with van der Waals surface area (Å²) in [5.74, 6) is 0.955. The maximum Gasteiger partial charge on any atom is 0.184 e. The highest BCUT2D eigenvalue weighted by Gasteiger charge is 2.14. The van der Waals surface area contributed by atoms with Gasteiger partial charge in [0.15, 0.2) is 11.3 Å². The van der Waals surface area contributed by atoms with Crippen molar-refractivity contribution in [2.24, 2.45) is 0 Å². The predicted octanol–water partition coefficient (Wildman–Crippen LogP) is 3.51. The Kier molecular flexibility index (Phi) is 4.24. The Morgan fingerprint density at radius 2 is 1.88 bits per heavy atom. The molecule has 4 rings (SSSR count). The SMILES string of the molecule is CCc1cc(NCCc2ccncc2)n2nc3nc(C)cc(C)c3c2n1. The van der Waals surface area contributed by atoms with E-state index in [-0.39, 0.29) is 0 Å². The molecule has 0 saturated carbocycles. The number of aryl methyl sites for hydroxylation is 3. The molecule has 6 nitrogen and oxygen atoms in total. The molecule has 0 spiro atoms. The summed E-state index contributed by atoms with van der Waals surface area (Å²) >= 11 is 0. The number of hydrogen-bond acceptors (Lipinski definition) is 5. The number of fused-ring (bicyclic) bond motifs is 3. The van der Waals surface area contributed by atoms with E-state index in [1.165, 1.54) is 5.56 Å². The minimum atomic E-state index is 0.750. The van der Waals surface area contributed by atoms with E-state index in [2.05, 4.69) is 41.3 Å². The van der Waals surface area contributed by atoms with Gasteiger partial charge >= 0.3 is 0 Å². The van der Waals surface area contributed by atoms with Crippen molar-refractivity contribution in [3.63, 3.8) is 0 Å². The Labute approximate surface area is 152 Å². The van der Waals surface area contributed by atoms with Gasteiger partial charge < -0.3 is 5.32 Å². The quantitative estimate of drug-likeness (QED) is 0.599. The molecule has 4 aromatic heterocycles. The first kappa shape index (κ1) is 16.4. The van der Waals surface area contributed by atoms with Crippen LogP contribution >= 0.6 is 0 Å². The Morgan fingerprint density at radius 3 is 2.65 bits per heavy atom. The molecule has 0 bridgehead atoms. The molecule has 4 heterocycles. The third-order valence-corrected chi connectivity index (χ3v) is 4.56. The van der Waals surface area contributed by atoms with Crippen LogP contribution in [0.3, 0.4) is 0 Å². The van der Waals surface area contributed by atoms with Gasteiger partial charge in [-0.15, -0.1) is 5.10 Å². The number of nitrogens with one attached hydrogen (secondary N) is 1. The van der Waals surface area contributed by atoms with Crippen LogP contribution < -0.4 is 5.32 Å². The predicted molar refractivity (Wildman–Crippen MR) is 104 cm³/mol. The lowest BCUT2D eigenvalue weighted by Crippen LogP contribution is -2.10. The third-order valence-electron chi connectivity index (χ3n) is 4.56. The van der Waals surface area contributed by atoms with E-state index in [0.717, 1.165) is 58.8 Å². The Bertz CT molecular complexity index is 1070. The largest absolute Gasteiger partial charge is 0.370 e. The van der Waals surface area contributed by atoms with E-state index >= 15 is 0 Å². The van der Waals surface area contributed by atoms with Crippen molar-refractivity contribution in [2.45, 2.75) is 33.6 Å². The van der Waals surface area contributed by atoms with Gasteiger partial charge in [0, 0.05) is 36.4 Å². The van der Waals surface area contributed by atoms with Crippen molar-refractivity contribution < 1.29 is 0 Å². The van der Waals surface area contributed by atoms with Crippen LogP contribution in [-0.2, 0) is 12.8 Å². The molecule has 26 heavy (non-hydrogen) atoms. The summed E-state index contributed by atoms with van der Waals surface area (Å²) in [5, 5.41) is 9.26. The lowest BCUT2D eigenvalue weighted by atomic mass is 10.2. The summed E-state index contributed by atoms with van der Waals surface area (Å²) in [6.45, 7) is 7.02. The lowest BCUT2D eigenvalue weighted by molar-refractivity contribution is 0.898. The van der Waals surface area contributed by atoms with Crippen LogP contribution in [0.25, 0.3) is 16.7 Å². The van der Waals surface area contributed by atoms with Gasteiger partial charge in [-0.2, -0.15) is 4.52 Å². The van der Waals surface area contributed by atoms with E-state index in [0.29, 0.717) is 0 Å². The van der Waals surface area contributed by atoms with Gasteiger partial charge in [-0.1, -0.05) is 6.92 Å². The molecule has 0 aliphatic rings. The lowest BCUT2D eigenvalue weighted by Gasteiger charge is -2.10. The summed E-state index contributed by atoms with van der Waals surface area (Å²) in [6, 6.07) is 8.24. The monoisotopic (exact) mass is 346 g/mol. The molecular weight excluding hydrogens is 324 g/mol. The first-order valence-electron chi connectivity index (χ1n) is 8.95. The van der Waals surface area contributed by atoms with Gasteiger partial charge in [0.05, 0.1) is 5.39 Å². The van der Waals surface area contributed by atoms with Crippen molar-refractivity contribution >= 4 is 22.5 Å². The number of aromatic nitrogens is 5. The number of rotatable bonds is 5. The molecule has 0 atom stereocenters. The second-order valence-corrected chi connectivity index (χ2v) is 6.53. The van der Waals surface area contributed by atoms with Crippen LogP contribution in [0.1, 0.15) is 29.4 Å². The van der Waals surface area contributed by atoms with Gasteiger partial charge in [0.25, 0.3) is 0 Å². The Morgan fingerprint density at radius 1 is 1.08 bits per heavy atom. The second kappa shape index (κ2) is 6.71. The third kappa shape index (κ3) is 2.98. The van der Waals surface area contributed by atoms with Crippen molar-refractivity contribution in [1.82, 2.24) is 24.6 Å². The first-order chi connectivity index (χ1) is 12.7. The fraction of sp³-hybridized carbons (Fsp3) is 0.300. The van der Waals surface area contributed by atoms with Gasteiger partial charge in [0.1, 0.15) is 5.82 Å². The maximum atomic E-state index is 4.81. The Balaban J connectivity index is 1.74. The first-order valence-corrected chi connectivity index (χ1v) is 8.95. The average Bonchev–Trinajstić information content (AvgIpc) is 3.01. The molecule has 0 amide bonds. The number of anilines is 1. The highest BCUT2D eigenvalue weighted by Crippen LogP contribution is 2.24. The number of pyridine rings is 2. The van der Waals surface area contributed by atoms with Gasteiger partial charge in [-0.3, -0.25) is 4.98 Å². The molecule has 0 fully saturated rings. The Hall–Kier alpha value is -3.02. The minimum absolute atomic E-state index is 0.750. The fourth-order valence-electron chi connectivity index (χ4n) is 3.26. The summed E-state index contributed by atoms with van der Waals surface area (Å²) < 4.78 is 1.88. The smallest absolute Gasteiger partial charge is 0.184 e. The van der Waals surface area contributed by atoms with Crippen molar-refractivity contribution in [2.75, 3.05) is 11.9 Å². The topological polar surface area (TPSA) is 68.0 Å². The molecule has 0 radical (unpaired) electrons. The van der Waals surface area contributed by atoms with Crippen LogP contribution in [0, 0.1) is 13.8 Å². The molecule has 6 heteroatoms. The normalized spacial score (nSPS) is 11.3. The molecule has 0 aromatic carbocycles. The highest BCUT2D eigenvalue weighted by molar-refractivity contribution is 5.93. The highest BCUT2D eigenvalue weighted by atomic mass is 15.3. The molecular formula is C20H22N6. The van der Waals surface area contributed by atoms with Crippen LogP contribution in [0.15, 0.2) is 36.7 Å². The maximum absolute atomic E-state index is 4.81. The van der Waals surface area contributed by atoms with Crippen molar-refractivity contribution in [3.8, 4) is 0 Å². The molecule has 4 aromatic rings. The summed E-state index contributed by atoms with van der Waals surface area (Å²) in [7, 11) is 0. The molecule has 132 valence electrons. The summed E-state index contributed by atoms with van der Waals surface area (Å²) in [6.07, 6.45) is 5.45. The minimum Gasteiger partial charge on any atom is -0.370 e. The van der Waals surface area contributed by atoms with Crippen molar-refractivity contribution in [3.05, 3.63) is 59.2 Å². The van der Waals surface area contributed by atoms with E-state index in [9.17, 15) is 0 Å². The van der Waals surface area contributed by atoms with Gasteiger partial charge in [-0.25, -0.2) is 9.97 Å². The van der Waals surface area contributed by atoms with Crippen LogP contribution in [-0.4, -0.2) is 31.1 Å². The summed E-state index contributed by atoms with van der Waals surface area (Å²) in [5.41, 5.74) is 6.06. The van der Waals surface area contributed by atoms with E-state index in [1.54, 1.807) is 0 Å². The van der Waals surface area contributed by atoms with Crippen LogP contribution in [0.4, 0.5) is 5.82 Å². The molecule has 0 aliphatic carbocycles. The fourth-order valence-corrected chi connectivity index (χ4v) is 3.26. The van der Waals surface area contributed by atoms with E-state index in [1.807, 2.05) is 36.0 Å².